The Morgan fingerprint density at radius 1 is 1.35 bits per heavy atom. The van der Waals surface area contributed by atoms with Crippen LogP contribution in [0.3, 0.4) is 0 Å². The maximum absolute atomic E-state index is 11.9. The zero-order valence-corrected chi connectivity index (χ0v) is 13.5. The van der Waals surface area contributed by atoms with E-state index in [1.807, 2.05) is 0 Å². The third-order valence-electron chi connectivity index (χ3n) is 2.20. The molecule has 0 amide bonds. The fourth-order valence-corrected chi connectivity index (χ4v) is 3.57. The zero-order valence-electron chi connectivity index (χ0n) is 9.50. The Kier molecular flexibility index (Phi) is 5.43. The average Bonchev–Trinajstić information content (AvgIpc) is 2.22. The van der Waals surface area contributed by atoms with E-state index in [-0.39, 0.29) is 0 Å². The van der Waals surface area contributed by atoms with Crippen LogP contribution in [0.1, 0.15) is 6.92 Å². The number of hydrogen-bond acceptors (Lipinski definition) is 3. The lowest BCUT2D eigenvalue weighted by atomic mass is 10.3. The quantitative estimate of drug-likeness (QED) is 0.818. The highest BCUT2D eigenvalue weighted by molar-refractivity contribution is 9.11. The number of rotatable bonds is 5. The molecule has 1 rings (SSSR count). The first-order valence-electron chi connectivity index (χ1n) is 4.98. The highest BCUT2D eigenvalue weighted by Crippen LogP contribution is 2.27. The lowest BCUT2D eigenvalue weighted by molar-refractivity contribution is 0.583. The molecule has 0 saturated carbocycles. The van der Waals surface area contributed by atoms with Gasteiger partial charge in [-0.1, -0.05) is 15.9 Å². The van der Waals surface area contributed by atoms with Crippen molar-refractivity contribution in [3.8, 4) is 0 Å². The predicted octanol–water partition coefficient (Wildman–Crippen LogP) is 2.56. The Morgan fingerprint density at radius 3 is 2.53 bits per heavy atom. The van der Waals surface area contributed by atoms with Crippen molar-refractivity contribution in [3.63, 3.8) is 0 Å². The third-order valence-corrected chi connectivity index (χ3v) is 5.08. The van der Waals surface area contributed by atoms with Gasteiger partial charge in [-0.25, -0.2) is 8.42 Å². The Labute approximate surface area is 118 Å². The van der Waals surface area contributed by atoms with Gasteiger partial charge in [-0.3, -0.25) is 4.72 Å². The molecule has 1 aromatic rings. The second-order valence-corrected chi connectivity index (χ2v) is 7.51. The SMILES string of the molecule is CNCC(C)S(=O)(=O)Nc1ccc(Br)cc1Br. The molecular weight excluding hydrogens is 372 g/mol. The maximum atomic E-state index is 11.9. The van der Waals surface area contributed by atoms with E-state index < -0.39 is 15.3 Å². The minimum absolute atomic E-state index is 0.406. The number of hydrogen-bond donors (Lipinski definition) is 2. The molecule has 0 aliphatic heterocycles. The highest BCUT2D eigenvalue weighted by atomic mass is 79.9. The molecule has 0 aromatic heterocycles. The Hall–Kier alpha value is -0.110. The molecule has 0 spiro atoms. The van der Waals surface area contributed by atoms with Crippen LogP contribution in [-0.2, 0) is 10.0 Å². The van der Waals surface area contributed by atoms with Crippen LogP contribution < -0.4 is 10.0 Å². The van der Waals surface area contributed by atoms with E-state index in [4.69, 9.17) is 0 Å². The van der Waals surface area contributed by atoms with Gasteiger partial charge in [0, 0.05) is 15.5 Å². The Balaban J connectivity index is 2.90. The van der Waals surface area contributed by atoms with Gasteiger partial charge in [0.05, 0.1) is 10.9 Å². The number of anilines is 1. The van der Waals surface area contributed by atoms with Gasteiger partial charge in [0.15, 0.2) is 0 Å². The van der Waals surface area contributed by atoms with E-state index in [1.54, 1.807) is 32.2 Å². The minimum atomic E-state index is -3.37. The summed E-state index contributed by atoms with van der Waals surface area (Å²) in [6.07, 6.45) is 0. The van der Waals surface area contributed by atoms with Crippen molar-refractivity contribution in [2.75, 3.05) is 18.3 Å². The van der Waals surface area contributed by atoms with E-state index in [1.165, 1.54) is 0 Å². The standard InChI is InChI=1S/C10H14Br2N2O2S/c1-7(6-13-2)17(15,16)14-10-4-3-8(11)5-9(10)12/h3-5,7,13-14H,6H2,1-2H3. The monoisotopic (exact) mass is 384 g/mol. The molecule has 1 aromatic carbocycles. The van der Waals surface area contributed by atoms with Gasteiger partial charge >= 0.3 is 0 Å². The number of halogens is 2. The molecule has 0 heterocycles. The van der Waals surface area contributed by atoms with Crippen molar-refractivity contribution < 1.29 is 8.42 Å². The van der Waals surface area contributed by atoms with Crippen LogP contribution in [-0.4, -0.2) is 27.3 Å². The lowest BCUT2D eigenvalue weighted by Crippen LogP contribution is -2.33. The maximum Gasteiger partial charge on any atom is 0.236 e. The molecule has 4 nitrogen and oxygen atoms in total. The molecular formula is C10H14Br2N2O2S. The van der Waals surface area contributed by atoms with Crippen LogP contribution in [0.15, 0.2) is 27.1 Å². The Bertz CT molecular complexity index is 491. The summed E-state index contributed by atoms with van der Waals surface area (Å²) < 4.78 is 28.0. The first-order valence-corrected chi connectivity index (χ1v) is 8.11. The smallest absolute Gasteiger partial charge is 0.236 e. The van der Waals surface area contributed by atoms with Gasteiger partial charge < -0.3 is 5.32 Å². The summed E-state index contributed by atoms with van der Waals surface area (Å²) in [4.78, 5) is 0. The van der Waals surface area contributed by atoms with E-state index in [2.05, 4.69) is 41.9 Å². The van der Waals surface area contributed by atoms with Crippen LogP contribution in [0, 0.1) is 0 Å². The van der Waals surface area contributed by atoms with Crippen molar-refractivity contribution in [2.24, 2.45) is 0 Å². The van der Waals surface area contributed by atoms with Gasteiger partial charge in [-0.15, -0.1) is 0 Å². The van der Waals surface area contributed by atoms with E-state index in [9.17, 15) is 8.42 Å². The van der Waals surface area contributed by atoms with Gasteiger partial charge in [-0.2, -0.15) is 0 Å². The molecule has 1 atom stereocenters. The molecule has 2 N–H and O–H groups in total. The second-order valence-electron chi connectivity index (χ2n) is 3.64. The molecule has 0 radical (unpaired) electrons. The van der Waals surface area contributed by atoms with E-state index >= 15 is 0 Å². The number of sulfonamides is 1. The number of nitrogens with one attached hydrogen (secondary N) is 2. The number of benzene rings is 1. The summed E-state index contributed by atoms with van der Waals surface area (Å²) in [7, 11) is -1.64. The van der Waals surface area contributed by atoms with Crippen molar-refractivity contribution in [1.29, 1.82) is 0 Å². The van der Waals surface area contributed by atoms with Gasteiger partial charge in [0.2, 0.25) is 10.0 Å². The topological polar surface area (TPSA) is 58.2 Å². The summed E-state index contributed by atoms with van der Waals surface area (Å²) in [5.74, 6) is 0. The van der Waals surface area contributed by atoms with Crippen LogP contribution in [0.25, 0.3) is 0 Å². The molecule has 7 heteroatoms. The summed E-state index contributed by atoms with van der Waals surface area (Å²) in [5, 5.41) is 2.35. The van der Waals surface area contributed by atoms with Crippen molar-refractivity contribution in [1.82, 2.24) is 5.32 Å². The Morgan fingerprint density at radius 2 is 2.00 bits per heavy atom. The molecule has 0 aliphatic rings. The van der Waals surface area contributed by atoms with Gasteiger partial charge in [-0.05, 0) is 48.1 Å². The molecule has 1 unspecified atom stereocenters. The first-order chi connectivity index (χ1) is 7.86. The fraction of sp³-hybridized carbons (Fsp3) is 0.400. The first kappa shape index (κ1) is 14.9. The van der Waals surface area contributed by atoms with Gasteiger partial charge in [0.25, 0.3) is 0 Å². The molecule has 17 heavy (non-hydrogen) atoms. The summed E-state index contributed by atoms with van der Waals surface area (Å²) in [5.41, 5.74) is 0.538. The van der Waals surface area contributed by atoms with Crippen LogP contribution in [0.5, 0.6) is 0 Å². The highest BCUT2D eigenvalue weighted by Gasteiger charge is 2.20. The molecule has 0 aliphatic carbocycles. The molecule has 0 bridgehead atoms. The van der Waals surface area contributed by atoms with Crippen LogP contribution >= 0.6 is 31.9 Å². The van der Waals surface area contributed by atoms with Crippen molar-refractivity contribution in [3.05, 3.63) is 27.1 Å². The summed E-state index contributed by atoms with van der Waals surface area (Å²) in [6.45, 7) is 2.06. The second kappa shape index (κ2) is 6.17. The molecule has 0 saturated heterocycles. The van der Waals surface area contributed by atoms with Crippen molar-refractivity contribution in [2.45, 2.75) is 12.2 Å². The van der Waals surface area contributed by atoms with Crippen LogP contribution in [0.4, 0.5) is 5.69 Å². The van der Waals surface area contributed by atoms with E-state index in [0.717, 1.165) is 4.47 Å². The van der Waals surface area contributed by atoms with Crippen molar-refractivity contribution >= 4 is 47.6 Å². The normalized spacial score (nSPS) is 13.4. The lowest BCUT2D eigenvalue weighted by Gasteiger charge is -2.15. The average molecular weight is 386 g/mol. The van der Waals surface area contributed by atoms with Gasteiger partial charge in [0.1, 0.15) is 0 Å². The summed E-state index contributed by atoms with van der Waals surface area (Å²) >= 11 is 6.63. The minimum Gasteiger partial charge on any atom is -0.318 e. The fourth-order valence-electron chi connectivity index (χ4n) is 1.22. The molecule has 0 fully saturated rings. The largest absolute Gasteiger partial charge is 0.318 e. The third kappa shape index (κ3) is 4.24. The zero-order chi connectivity index (χ0) is 13.1. The van der Waals surface area contributed by atoms with Crippen LogP contribution in [0.2, 0.25) is 0 Å². The predicted molar refractivity (Wildman–Crippen MR) is 77.8 cm³/mol. The molecule has 96 valence electrons. The summed E-state index contributed by atoms with van der Waals surface area (Å²) in [6, 6.07) is 5.28. The van der Waals surface area contributed by atoms with E-state index in [0.29, 0.717) is 16.7 Å².